The molecule has 2 heterocycles. The lowest BCUT2D eigenvalue weighted by Gasteiger charge is -2.16. The molecule has 0 saturated heterocycles. The van der Waals surface area contributed by atoms with Crippen LogP contribution in [0.15, 0.2) is 51.7 Å². The summed E-state index contributed by atoms with van der Waals surface area (Å²) in [6, 6.07) is 10.9. The standard InChI is InChI=1S/C20H21N3O4S2/c1-13(18(25)21-12-14-6-5-11-28-14)29-20-22-16-8-4-3-7-15(16)19(26)23(20)10-9-17(24)27-2/h3-8,11,13H,9-10,12H2,1-2H3,(H,21,25). The van der Waals surface area contributed by atoms with Gasteiger partial charge in [0.15, 0.2) is 5.16 Å². The summed E-state index contributed by atoms with van der Waals surface area (Å²) < 4.78 is 6.12. The van der Waals surface area contributed by atoms with Crippen molar-refractivity contribution in [2.45, 2.75) is 36.8 Å². The van der Waals surface area contributed by atoms with Crippen molar-refractivity contribution in [1.29, 1.82) is 0 Å². The minimum absolute atomic E-state index is 0.0446. The molecule has 0 radical (unpaired) electrons. The maximum atomic E-state index is 12.9. The lowest BCUT2D eigenvalue weighted by Crippen LogP contribution is -2.31. The number of hydrogen-bond donors (Lipinski definition) is 1. The van der Waals surface area contributed by atoms with E-state index in [1.807, 2.05) is 17.5 Å². The molecule has 1 aromatic carbocycles. The van der Waals surface area contributed by atoms with Gasteiger partial charge in [0.2, 0.25) is 5.91 Å². The van der Waals surface area contributed by atoms with Gasteiger partial charge < -0.3 is 10.1 Å². The van der Waals surface area contributed by atoms with E-state index >= 15 is 0 Å². The van der Waals surface area contributed by atoms with E-state index < -0.39 is 11.2 Å². The third kappa shape index (κ3) is 5.24. The summed E-state index contributed by atoms with van der Waals surface area (Å²) in [5, 5.41) is 5.26. The maximum Gasteiger partial charge on any atom is 0.307 e. The van der Waals surface area contributed by atoms with Gasteiger partial charge in [-0.3, -0.25) is 19.0 Å². The predicted octanol–water partition coefficient (Wildman–Crippen LogP) is 2.82. The predicted molar refractivity (Wildman–Crippen MR) is 114 cm³/mol. The van der Waals surface area contributed by atoms with Crippen LogP contribution in [0.3, 0.4) is 0 Å². The van der Waals surface area contributed by atoms with E-state index in [1.165, 1.54) is 23.4 Å². The first-order chi connectivity index (χ1) is 14.0. The third-order valence-corrected chi connectivity index (χ3v) is 6.23. The number of thioether (sulfide) groups is 1. The molecule has 0 saturated carbocycles. The highest BCUT2D eigenvalue weighted by atomic mass is 32.2. The Bertz CT molecular complexity index is 1060. The van der Waals surface area contributed by atoms with Crippen molar-refractivity contribution in [3.05, 3.63) is 57.0 Å². The van der Waals surface area contributed by atoms with Gasteiger partial charge >= 0.3 is 5.97 Å². The second-order valence-corrected chi connectivity index (χ2v) is 8.59. The molecule has 9 heteroatoms. The fourth-order valence-corrected chi connectivity index (χ4v) is 4.29. The number of hydrogen-bond acceptors (Lipinski definition) is 7. The van der Waals surface area contributed by atoms with E-state index in [2.05, 4.69) is 15.0 Å². The molecule has 0 aliphatic heterocycles. The Labute approximate surface area is 176 Å². The molecule has 1 atom stereocenters. The number of amides is 1. The Morgan fingerprint density at radius 1 is 1.28 bits per heavy atom. The van der Waals surface area contributed by atoms with E-state index in [-0.39, 0.29) is 24.4 Å². The molecule has 152 valence electrons. The van der Waals surface area contributed by atoms with Crippen molar-refractivity contribution in [3.63, 3.8) is 0 Å². The lowest BCUT2D eigenvalue weighted by atomic mass is 10.2. The summed E-state index contributed by atoms with van der Waals surface area (Å²) in [5.41, 5.74) is 0.314. The van der Waals surface area contributed by atoms with E-state index in [1.54, 1.807) is 42.5 Å². The first-order valence-corrected chi connectivity index (χ1v) is 10.8. The van der Waals surface area contributed by atoms with Crippen LogP contribution in [0.2, 0.25) is 0 Å². The van der Waals surface area contributed by atoms with E-state index in [0.29, 0.717) is 22.6 Å². The molecule has 0 aliphatic carbocycles. The number of methoxy groups -OCH3 is 1. The summed E-state index contributed by atoms with van der Waals surface area (Å²) in [5.74, 6) is -0.562. The van der Waals surface area contributed by atoms with Crippen molar-refractivity contribution >= 4 is 45.9 Å². The molecule has 0 fully saturated rings. The van der Waals surface area contributed by atoms with Gasteiger partial charge in [-0.1, -0.05) is 30.0 Å². The Kier molecular flexibility index (Phi) is 7.05. The molecular formula is C20H21N3O4S2. The van der Waals surface area contributed by atoms with Crippen molar-refractivity contribution in [1.82, 2.24) is 14.9 Å². The molecule has 0 bridgehead atoms. The zero-order valence-corrected chi connectivity index (χ0v) is 17.7. The number of benzene rings is 1. The van der Waals surface area contributed by atoms with E-state index in [9.17, 15) is 14.4 Å². The number of carbonyl (C=O) groups is 2. The largest absolute Gasteiger partial charge is 0.469 e. The molecule has 3 aromatic rings. The highest BCUT2D eigenvalue weighted by Crippen LogP contribution is 2.23. The average molecular weight is 432 g/mol. The van der Waals surface area contributed by atoms with Crippen molar-refractivity contribution in [3.8, 4) is 0 Å². The molecule has 2 aromatic heterocycles. The normalized spacial score (nSPS) is 11.9. The topological polar surface area (TPSA) is 90.3 Å². The van der Waals surface area contributed by atoms with Crippen LogP contribution in [-0.4, -0.2) is 33.8 Å². The fraction of sp³-hybridized carbons (Fsp3) is 0.300. The minimum atomic E-state index is -0.465. The quantitative estimate of drug-likeness (QED) is 0.335. The molecule has 0 spiro atoms. The van der Waals surface area contributed by atoms with Crippen LogP contribution >= 0.6 is 23.1 Å². The Morgan fingerprint density at radius 2 is 2.07 bits per heavy atom. The van der Waals surface area contributed by atoms with Gasteiger partial charge in [-0.25, -0.2) is 4.98 Å². The molecular weight excluding hydrogens is 410 g/mol. The Morgan fingerprint density at radius 3 is 2.79 bits per heavy atom. The van der Waals surface area contributed by atoms with Crippen molar-refractivity contribution in [2.24, 2.45) is 0 Å². The zero-order chi connectivity index (χ0) is 20.8. The molecule has 1 unspecified atom stereocenters. The van der Waals surface area contributed by atoms with Crippen molar-refractivity contribution in [2.75, 3.05) is 7.11 Å². The highest BCUT2D eigenvalue weighted by molar-refractivity contribution is 8.00. The molecule has 29 heavy (non-hydrogen) atoms. The Balaban J connectivity index is 1.82. The molecule has 1 amide bonds. The molecule has 1 N–H and O–H groups in total. The monoisotopic (exact) mass is 431 g/mol. The number of para-hydroxylation sites is 1. The van der Waals surface area contributed by atoms with Crippen LogP contribution in [0, 0.1) is 0 Å². The Hall–Kier alpha value is -2.65. The van der Waals surface area contributed by atoms with Crippen LogP contribution in [0.25, 0.3) is 10.9 Å². The van der Waals surface area contributed by atoms with Gasteiger partial charge in [0.05, 0.1) is 36.2 Å². The van der Waals surface area contributed by atoms with Gasteiger partial charge in [-0.05, 0) is 30.5 Å². The number of carbonyl (C=O) groups excluding carboxylic acids is 2. The van der Waals surface area contributed by atoms with Crippen LogP contribution in [0.5, 0.6) is 0 Å². The summed E-state index contributed by atoms with van der Waals surface area (Å²) in [6.45, 7) is 2.36. The number of ether oxygens (including phenoxy) is 1. The van der Waals surface area contributed by atoms with Gasteiger partial charge in [0.25, 0.3) is 5.56 Å². The van der Waals surface area contributed by atoms with Gasteiger partial charge in [-0.15, -0.1) is 11.3 Å². The first-order valence-electron chi connectivity index (χ1n) is 9.02. The lowest BCUT2D eigenvalue weighted by molar-refractivity contribution is -0.140. The van der Waals surface area contributed by atoms with Gasteiger partial charge in [0, 0.05) is 11.4 Å². The maximum absolute atomic E-state index is 12.9. The number of fused-ring (bicyclic) bond motifs is 1. The number of rotatable bonds is 8. The second-order valence-electron chi connectivity index (χ2n) is 6.25. The van der Waals surface area contributed by atoms with E-state index in [0.717, 1.165) is 4.88 Å². The van der Waals surface area contributed by atoms with Crippen LogP contribution < -0.4 is 10.9 Å². The van der Waals surface area contributed by atoms with E-state index in [4.69, 9.17) is 0 Å². The van der Waals surface area contributed by atoms with Crippen LogP contribution in [0.4, 0.5) is 0 Å². The smallest absolute Gasteiger partial charge is 0.307 e. The SMILES string of the molecule is COC(=O)CCn1c(SC(C)C(=O)NCc2cccs2)nc2ccccc2c1=O. The first kappa shape index (κ1) is 21.1. The molecule has 7 nitrogen and oxygen atoms in total. The number of esters is 1. The van der Waals surface area contributed by atoms with Gasteiger partial charge in [0.1, 0.15) is 0 Å². The molecule has 0 aliphatic rings. The summed E-state index contributed by atoms with van der Waals surface area (Å²) >= 11 is 2.77. The summed E-state index contributed by atoms with van der Waals surface area (Å²) in [7, 11) is 1.30. The summed E-state index contributed by atoms with van der Waals surface area (Å²) in [4.78, 5) is 42.6. The minimum Gasteiger partial charge on any atom is -0.469 e. The molecule has 3 rings (SSSR count). The van der Waals surface area contributed by atoms with Gasteiger partial charge in [-0.2, -0.15) is 0 Å². The average Bonchev–Trinajstić information content (AvgIpc) is 3.25. The number of thiophene rings is 1. The van der Waals surface area contributed by atoms with Crippen LogP contribution in [-0.2, 0) is 27.4 Å². The third-order valence-electron chi connectivity index (χ3n) is 4.26. The second kappa shape index (κ2) is 9.71. The number of nitrogens with zero attached hydrogens (tertiary/aromatic N) is 2. The van der Waals surface area contributed by atoms with Crippen molar-refractivity contribution < 1.29 is 14.3 Å². The number of nitrogens with one attached hydrogen (secondary N) is 1. The highest BCUT2D eigenvalue weighted by Gasteiger charge is 2.20. The van der Waals surface area contributed by atoms with Crippen LogP contribution in [0.1, 0.15) is 18.2 Å². The number of aromatic nitrogens is 2. The fourth-order valence-electron chi connectivity index (χ4n) is 2.68. The summed E-state index contributed by atoms with van der Waals surface area (Å²) in [6.07, 6.45) is 0.0446. The zero-order valence-electron chi connectivity index (χ0n) is 16.1.